The molecule has 1 rings (SSSR count). The first kappa shape index (κ1) is 9.78. The summed E-state index contributed by atoms with van der Waals surface area (Å²) in [6.45, 7) is 1.98. The van der Waals surface area contributed by atoms with Gasteiger partial charge in [0.15, 0.2) is 0 Å². The summed E-state index contributed by atoms with van der Waals surface area (Å²) >= 11 is 11.8. The van der Waals surface area contributed by atoms with Gasteiger partial charge in [0.05, 0.1) is 10.0 Å². The number of aromatic nitrogens is 1. The summed E-state index contributed by atoms with van der Waals surface area (Å²) in [5, 5.41) is 1.08. The number of nitrogens with zero attached hydrogens (tertiary/aromatic N) is 1. The third-order valence-electron chi connectivity index (χ3n) is 1.70. The van der Waals surface area contributed by atoms with E-state index in [9.17, 15) is 0 Å². The standard InChI is InChI=1S/C8H10Cl2N2/c1-2-7(11)8-5(9)3-12-4-6(8)10/h3-4,7H,2,11H2,1H3/t7-/m1/s1. The minimum absolute atomic E-state index is 0.104. The molecule has 2 nitrogen and oxygen atoms in total. The number of pyridine rings is 1. The summed E-state index contributed by atoms with van der Waals surface area (Å²) in [4.78, 5) is 3.84. The van der Waals surface area contributed by atoms with Gasteiger partial charge in [-0.25, -0.2) is 0 Å². The lowest BCUT2D eigenvalue weighted by molar-refractivity contribution is 0.698. The summed E-state index contributed by atoms with van der Waals surface area (Å²) < 4.78 is 0. The summed E-state index contributed by atoms with van der Waals surface area (Å²) in [6, 6.07) is -0.104. The molecular weight excluding hydrogens is 195 g/mol. The highest BCUT2D eigenvalue weighted by Crippen LogP contribution is 2.29. The van der Waals surface area contributed by atoms with Gasteiger partial charge in [-0.1, -0.05) is 30.1 Å². The molecule has 0 aliphatic heterocycles. The van der Waals surface area contributed by atoms with Gasteiger partial charge in [-0.15, -0.1) is 0 Å². The Labute approximate surface area is 81.7 Å². The Bertz CT molecular complexity index is 256. The molecule has 1 aromatic rings. The van der Waals surface area contributed by atoms with E-state index < -0.39 is 0 Å². The van der Waals surface area contributed by atoms with E-state index in [2.05, 4.69) is 4.98 Å². The minimum atomic E-state index is -0.104. The van der Waals surface area contributed by atoms with Gasteiger partial charge in [-0.2, -0.15) is 0 Å². The molecule has 0 saturated carbocycles. The van der Waals surface area contributed by atoms with E-state index in [-0.39, 0.29) is 6.04 Å². The van der Waals surface area contributed by atoms with E-state index in [0.29, 0.717) is 10.0 Å². The van der Waals surface area contributed by atoms with Crippen LogP contribution in [0.25, 0.3) is 0 Å². The van der Waals surface area contributed by atoms with Crippen molar-refractivity contribution in [3.63, 3.8) is 0 Å². The monoisotopic (exact) mass is 204 g/mol. The van der Waals surface area contributed by atoms with Gasteiger partial charge >= 0.3 is 0 Å². The third kappa shape index (κ3) is 1.89. The molecule has 1 heterocycles. The van der Waals surface area contributed by atoms with Crippen LogP contribution in [0.5, 0.6) is 0 Å². The summed E-state index contributed by atoms with van der Waals surface area (Å²) in [5.41, 5.74) is 6.59. The second-order valence-corrected chi connectivity index (χ2v) is 3.35. The van der Waals surface area contributed by atoms with Crippen LogP contribution >= 0.6 is 23.2 Å². The minimum Gasteiger partial charge on any atom is -0.324 e. The number of hydrogen-bond acceptors (Lipinski definition) is 2. The quantitative estimate of drug-likeness (QED) is 0.806. The van der Waals surface area contributed by atoms with Gasteiger partial charge in [0.1, 0.15) is 0 Å². The van der Waals surface area contributed by atoms with Gasteiger partial charge in [0.2, 0.25) is 0 Å². The summed E-state index contributed by atoms with van der Waals surface area (Å²) in [7, 11) is 0. The molecule has 0 spiro atoms. The molecule has 0 aromatic carbocycles. The average molecular weight is 205 g/mol. The molecular formula is C8H10Cl2N2. The smallest absolute Gasteiger partial charge is 0.0651 e. The van der Waals surface area contributed by atoms with E-state index >= 15 is 0 Å². The number of halogens is 2. The van der Waals surface area contributed by atoms with Crippen LogP contribution < -0.4 is 5.73 Å². The van der Waals surface area contributed by atoms with Crippen LogP contribution in [0.15, 0.2) is 12.4 Å². The zero-order valence-electron chi connectivity index (χ0n) is 6.72. The van der Waals surface area contributed by atoms with Gasteiger partial charge in [-0.05, 0) is 6.42 Å². The van der Waals surface area contributed by atoms with Crippen molar-refractivity contribution in [3.05, 3.63) is 28.0 Å². The molecule has 0 saturated heterocycles. The zero-order chi connectivity index (χ0) is 9.14. The predicted molar refractivity (Wildman–Crippen MR) is 51.5 cm³/mol. The van der Waals surface area contributed by atoms with Crippen LogP contribution in [-0.4, -0.2) is 4.98 Å². The van der Waals surface area contributed by atoms with Crippen molar-refractivity contribution >= 4 is 23.2 Å². The molecule has 1 aromatic heterocycles. The van der Waals surface area contributed by atoms with Gasteiger partial charge in [0, 0.05) is 24.0 Å². The maximum Gasteiger partial charge on any atom is 0.0651 e. The van der Waals surface area contributed by atoms with Crippen molar-refractivity contribution in [1.82, 2.24) is 4.98 Å². The summed E-state index contributed by atoms with van der Waals surface area (Å²) in [6.07, 6.45) is 3.92. The molecule has 1 atom stereocenters. The fraction of sp³-hybridized carbons (Fsp3) is 0.375. The van der Waals surface area contributed by atoms with Crippen molar-refractivity contribution in [1.29, 1.82) is 0 Å². The third-order valence-corrected chi connectivity index (χ3v) is 2.30. The van der Waals surface area contributed by atoms with Gasteiger partial charge in [-0.3, -0.25) is 4.98 Å². The molecule has 0 amide bonds. The largest absolute Gasteiger partial charge is 0.324 e. The molecule has 0 aliphatic carbocycles. The van der Waals surface area contributed by atoms with Crippen molar-refractivity contribution in [3.8, 4) is 0 Å². The molecule has 66 valence electrons. The maximum absolute atomic E-state index is 5.88. The van der Waals surface area contributed by atoms with Gasteiger partial charge in [0.25, 0.3) is 0 Å². The second-order valence-electron chi connectivity index (χ2n) is 2.53. The molecule has 0 unspecified atom stereocenters. The van der Waals surface area contributed by atoms with Crippen LogP contribution in [0, 0.1) is 0 Å². The van der Waals surface area contributed by atoms with Crippen molar-refractivity contribution in [2.75, 3.05) is 0 Å². The highest BCUT2D eigenvalue weighted by molar-refractivity contribution is 6.35. The van der Waals surface area contributed by atoms with E-state index in [0.717, 1.165) is 12.0 Å². The Morgan fingerprint density at radius 1 is 1.42 bits per heavy atom. The number of hydrogen-bond donors (Lipinski definition) is 1. The normalized spacial score (nSPS) is 13.0. The van der Waals surface area contributed by atoms with Crippen LogP contribution in [0.4, 0.5) is 0 Å². The fourth-order valence-corrected chi connectivity index (χ4v) is 1.62. The van der Waals surface area contributed by atoms with Crippen molar-refractivity contribution in [2.45, 2.75) is 19.4 Å². The molecule has 4 heteroatoms. The fourth-order valence-electron chi connectivity index (χ4n) is 0.980. The maximum atomic E-state index is 5.88. The van der Waals surface area contributed by atoms with Crippen molar-refractivity contribution in [2.24, 2.45) is 5.73 Å². The Balaban J connectivity index is 3.12. The van der Waals surface area contributed by atoms with E-state index in [1.165, 1.54) is 0 Å². The van der Waals surface area contributed by atoms with E-state index in [1.54, 1.807) is 12.4 Å². The summed E-state index contributed by atoms with van der Waals surface area (Å²) in [5.74, 6) is 0. The first-order valence-corrected chi connectivity index (χ1v) is 4.47. The zero-order valence-corrected chi connectivity index (χ0v) is 8.23. The Morgan fingerprint density at radius 2 is 1.92 bits per heavy atom. The molecule has 2 N–H and O–H groups in total. The Morgan fingerprint density at radius 3 is 2.33 bits per heavy atom. The average Bonchev–Trinajstić information content (AvgIpc) is 2.03. The number of rotatable bonds is 2. The highest BCUT2D eigenvalue weighted by Gasteiger charge is 2.12. The molecule has 0 fully saturated rings. The van der Waals surface area contributed by atoms with Gasteiger partial charge < -0.3 is 5.73 Å². The van der Waals surface area contributed by atoms with Crippen LogP contribution in [0.3, 0.4) is 0 Å². The highest BCUT2D eigenvalue weighted by atomic mass is 35.5. The molecule has 0 aliphatic rings. The second kappa shape index (κ2) is 4.08. The Kier molecular flexibility index (Phi) is 3.32. The first-order valence-electron chi connectivity index (χ1n) is 3.71. The number of nitrogens with two attached hydrogens (primary N) is 1. The lowest BCUT2D eigenvalue weighted by atomic mass is 10.1. The Hall–Kier alpha value is -0.310. The van der Waals surface area contributed by atoms with E-state index in [1.807, 2.05) is 6.92 Å². The molecule has 0 bridgehead atoms. The van der Waals surface area contributed by atoms with Crippen LogP contribution in [-0.2, 0) is 0 Å². The lowest BCUT2D eigenvalue weighted by Gasteiger charge is -2.11. The first-order chi connectivity index (χ1) is 5.66. The van der Waals surface area contributed by atoms with Crippen LogP contribution in [0.1, 0.15) is 24.9 Å². The lowest BCUT2D eigenvalue weighted by Crippen LogP contribution is -2.10. The SMILES string of the molecule is CC[C@@H](N)c1c(Cl)cncc1Cl. The molecule has 0 radical (unpaired) electrons. The van der Waals surface area contributed by atoms with Crippen LogP contribution in [0.2, 0.25) is 10.0 Å². The molecule has 12 heavy (non-hydrogen) atoms. The van der Waals surface area contributed by atoms with E-state index in [4.69, 9.17) is 28.9 Å². The van der Waals surface area contributed by atoms with Crippen molar-refractivity contribution < 1.29 is 0 Å². The topological polar surface area (TPSA) is 38.9 Å². The predicted octanol–water partition coefficient (Wildman–Crippen LogP) is 2.80.